The van der Waals surface area contributed by atoms with E-state index in [2.05, 4.69) is 4.98 Å². The third-order valence-electron chi connectivity index (χ3n) is 2.34. The minimum Gasteiger partial charge on any atom is -0.382 e. The van der Waals surface area contributed by atoms with Crippen LogP contribution in [0.2, 0.25) is 0 Å². The van der Waals surface area contributed by atoms with Crippen LogP contribution >= 0.6 is 11.8 Å². The van der Waals surface area contributed by atoms with E-state index in [1.165, 1.54) is 23.9 Å². The number of nitrogens with one attached hydrogen (secondary N) is 1. The average molecular weight is 261 g/mol. The number of hydrogen-bond donors (Lipinski definition) is 2. The van der Waals surface area contributed by atoms with Gasteiger partial charge in [0, 0.05) is 16.8 Å². The van der Waals surface area contributed by atoms with Gasteiger partial charge in [-0.3, -0.25) is 10.4 Å². The van der Waals surface area contributed by atoms with Crippen LogP contribution in [0.3, 0.4) is 0 Å². The summed E-state index contributed by atoms with van der Waals surface area (Å²) < 4.78 is 13.0. The maximum absolute atomic E-state index is 13.0. The van der Waals surface area contributed by atoms with Crippen molar-refractivity contribution in [2.45, 2.75) is 10.6 Å². The molecule has 0 fully saturated rings. The molecule has 0 aliphatic rings. The molecule has 3 nitrogen and oxygen atoms in total. The third-order valence-corrected chi connectivity index (χ3v) is 3.38. The van der Waals surface area contributed by atoms with Crippen molar-refractivity contribution in [3.8, 4) is 0 Å². The summed E-state index contributed by atoms with van der Waals surface area (Å²) in [6.07, 6.45) is 1.60. The van der Waals surface area contributed by atoms with E-state index in [9.17, 15) is 4.39 Å². The molecule has 0 aliphatic carbocycles. The zero-order valence-corrected chi connectivity index (χ0v) is 10.4. The molecule has 0 amide bonds. The van der Waals surface area contributed by atoms with E-state index in [4.69, 9.17) is 11.1 Å². The van der Waals surface area contributed by atoms with Crippen molar-refractivity contribution in [2.24, 2.45) is 5.73 Å². The monoisotopic (exact) mass is 261 g/mol. The van der Waals surface area contributed by atoms with Gasteiger partial charge in [0.05, 0.1) is 0 Å². The van der Waals surface area contributed by atoms with Gasteiger partial charge in [0.15, 0.2) is 0 Å². The number of pyridine rings is 1. The van der Waals surface area contributed by atoms with Crippen LogP contribution in [-0.4, -0.2) is 10.8 Å². The first-order chi connectivity index (χ1) is 8.66. The number of aromatic nitrogens is 1. The normalized spacial score (nSPS) is 10.3. The lowest BCUT2D eigenvalue weighted by Gasteiger charge is -2.06. The van der Waals surface area contributed by atoms with Crippen LogP contribution in [0.25, 0.3) is 0 Å². The number of hydrogen-bond acceptors (Lipinski definition) is 3. The van der Waals surface area contributed by atoms with Gasteiger partial charge in [-0.15, -0.1) is 11.8 Å². The van der Waals surface area contributed by atoms with Crippen LogP contribution in [0.4, 0.5) is 4.39 Å². The molecule has 2 rings (SSSR count). The Balaban J connectivity index is 2.13. The maximum Gasteiger partial charge on any atom is 0.142 e. The zero-order chi connectivity index (χ0) is 13.0. The smallest absolute Gasteiger partial charge is 0.142 e. The highest BCUT2D eigenvalue weighted by Gasteiger charge is 2.06. The molecule has 5 heteroatoms. The molecule has 1 aromatic heterocycles. The standard InChI is InChI=1S/C13H12FN3S/c14-10-4-1-5-11(7-10)18-8-9-3-2-6-17-12(9)13(15)16/h1-7H,8H2,(H3,15,16). The minimum absolute atomic E-state index is 0.0505. The van der Waals surface area contributed by atoms with Crippen LogP contribution in [0.1, 0.15) is 11.3 Å². The first-order valence-corrected chi connectivity index (χ1v) is 6.32. The minimum atomic E-state index is -0.252. The highest BCUT2D eigenvalue weighted by molar-refractivity contribution is 7.98. The summed E-state index contributed by atoms with van der Waals surface area (Å²) in [7, 11) is 0. The SMILES string of the molecule is N=C(N)c1ncccc1CSc1cccc(F)c1. The topological polar surface area (TPSA) is 62.8 Å². The van der Waals surface area contributed by atoms with Crippen LogP contribution < -0.4 is 5.73 Å². The highest BCUT2D eigenvalue weighted by atomic mass is 32.2. The van der Waals surface area contributed by atoms with Gasteiger partial charge in [-0.25, -0.2) is 4.39 Å². The van der Waals surface area contributed by atoms with Crippen molar-refractivity contribution in [3.63, 3.8) is 0 Å². The fourth-order valence-electron chi connectivity index (χ4n) is 1.52. The maximum atomic E-state index is 13.0. The molecule has 0 unspecified atom stereocenters. The largest absolute Gasteiger partial charge is 0.382 e. The van der Waals surface area contributed by atoms with Gasteiger partial charge in [-0.2, -0.15) is 0 Å². The van der Waals surface area contributed by atoms with Crippen molar-refractivity contribution < 1.29 is 4.39 Å². The average Bonchev–Trinajstić information content (AvgIpc) is 2.37. The van der Waals surface area contributed by atoms with E-state index < -0.39 is 0 Å². The Hall–Kier alpha value is -1.88. The second-order valence-corrected chi connectivity index (χ2v) is 4.72. The van der Waals surface area contributed by atoms with E-state index in [0.29, 0.717) is 11.4 Å². The summed E-state index contributed by atoms with van der Waals surface area (Å²) in [5.41, 5.74) is 6.82. The molecule has 18 heavy (non-hydrogen) atoms. The van der Waals surface area contributed by atoms with Crippen LogP contribution in [0.15, 0.2) is 47.5 Å². The predicted molar refractivity (Wildman–Crippen MR) is 71.2 cm³/mol. The van der Waals surface area contributed by atoms with Gasteiger partial charge in [0.2, 0.25) is 0 Å². The lowest BCUT2D eigenvalue weighted by molar-refractivity contribution is 0.624. The molecular formula is C13H12FN3S. The summed E-state index contributed by atoms with van der Waals surface area (Å²) in [4.78, 5) is 4.91. The number of benzene rings is 1. The molecule has 0 atom stereocenters. The Labute approximate surface area is 109 Å². The molecule has 3 N–H and O–H groups in total. The first kappa shape index (κ1) is 12.6. The molecule has 1 aromatic carbocycles. The Morgan fingerprint density at radius 1 is 1.33 bits per heavy atom. The van der Waals surface area contributed by atoms with Gasteiger partial charge >= 0.3 is 0 Å². The number of amidine groups is 1. The van der Waals surface area contributed by atoms with Crippen LogP contribution in [0.5, 0.6) is 0 Å². The Bertz CT molecular complexity index is 572. The highest BCUT2D eigenvalue weighted by Crippen LogP contribution is 2.24. The molecular weight excluding hydrogens is 249 g/mol. The quantitative estimate of drug-likeness (QED) is 0.505. The number of halogens is 1. The van der Waals surface area contributed by atoms with Crippen LogP contribution in [-0.2, 0) is 5.75 Å². The summed E-state index contributed by atoms with van der Waals surface area (Å²) in [6, 6.07) is 10.1. The van der Waals surface area contributed by atoms with Crippen molar-refractivity contribution >= 4 is 17.6 Å². The second kappa shape index (κ2) is 5.64. The number of nitrogens with zero attached hydrogens (tertiary/aromatic N) is 1. The van der Waals surface area contributed by atoms with Crippen molar-refractivity contribution in [1.29, 1.82) is 5.41 Å². The van der Waals surface area contributed by atoms with E-state index in [1.807, 2.05) is 12.1 Å². The van der Waals surface area contributed by atoms with Gasteiger partial charge in [0.25, 0.3) is 0 Å². The molecule has 1 heterocycles. The van der Waals surface area contributed by atoms with Crippen molar-refractivity contribution in [2.75, 3.05) is 0 Å². The third kappa shape index (κ3) is 3.07. The number of thioether (sulfide) groups is 1. The van der Waals surface area contributed by atoms with Crippen molar-refractivity contribution in [3.05, 3.63) is 59.7 Å². The Kier molecular flexibility index (Phi) is 3.94. The number of nitrogens with two attached hydrogens (primary N) is 1. The number of nitrogen functional groups attached to an aromatic ring is 1. The fourth-order valence-corrected chi connectivity index (χ4v) is 2.44. The van der Waals surface area contributed by atoms with Crippen molar-refractivity contribution in [1.82, 2.24) is 4.98 Å². The van der Waals surface area contributed by atoms with E-state index in [-0.39, 0.29) is 11.7 Å². The predicted octanol–water partition coefficient (Wildman–Crippen LogP) is 2.80. The van der Waals surface area contributed by atoms with E-state index in [0.717, 1.165) is 10.5 Å². The first-order valence-electron chi connectivity index (χ1n) is 5.33. The lowest BCUT2D eigenvalue weighted by Crippen LogP contribution is -2.15. The lowest BCUT2D eigenvalue weighted by atomic mass is 10.2. The van der Waals surface area contributed by atoms with E-state index >= 15 is 0 Å². The molecule has 0 radical (unpaired) electrons. The molecule has 92 valence electrons. The summed E-state index contributed by atoms with van der Waals surface area (Å²) in [5.74, 6) is 0.301. The molecule has 0 spiro atoms. The van der Waals surface area contributed by atoms with Crippen LogP contribution in [0, 0.1) is 11.2 Å². The van der Waals surface area contributed by atoms with Gasteiger partial charge < -0.3 is 5.73 Å². The second-order valence-electron chi connectivity index (χ2n) is 3.67. The molecule has 0 bridgehead atoms. The van der Waals surface area contributed by atoms with Gasteiger partial charge in [0.1, 0.15) is 17.3 Å². The summed E-state index contributed by atoms with van der Waals surface area (Å²) >= 11 is 1.49. The van der Waals surface area contributed by atoms with Gasteiger partial charge in [-0.1, -0.05) is 12.1 Å². The summed E-state index contributed by atoms with van der Waals surface area (Å²) in [6.45, 7) is 0. The molecule has 0 saturated carbocycles. The van der Waals surface area contributed by atoms with E-state index in [1.54, 1.807) is 18.3 Å². The molecule has 0 saturated heterocycles. The number of rotatable bonds is 4. The molecule has 2 aromatic rings. The molecule has 0 aliphatic heterocycles. The zero-order valence-electron chi connectivity index (χ0n) is 9.56. The fraction of sp³-hybridized carbons (Fsp3) is 0.0769. The Morgan fingerprint density at radius 2 is 2.17 bits per heavy atom. The summed E-state index contributed by atoms with van der Waals surface area (Å²) in [5, 5.41) is 7.44. The van der Waals surface area contributed by atoms with Gasteiger partial charge in [-0.05, 0) is 29.8 Å². The Morgan fingerprint density at radius 3 is 2.89 bits per heavy atom.